The molecule has 0 fully saturated rings. The fraction of sp³-hybridized carbons (Fsp3) is 0. The molecular formula is C12H8O2P. The molecule has 2 aromatic carbocycles. The largest absolute Gasteiger partial charge is 0.441 e. The summed E-state index contributed by atoms with van der Waals surface area (Å²) >= 11 is 0. The molecule has 0 saturated heterocycles. The highest BCUT2D eigenvalue weighted by atomic mass is 31.1. The first-order valence-electron chi connectivity index (χ1n) is 4.68. The predicted octanol–water partition coefficient (Wildman–Crippen LogP) is 2.65. The Morgan fingerprint density at radius 2 is 1.87 bits per heavy atom. The highest BCUT2D eigenvalue weighted by molar-refractivity contribution is 7.49. The van der Waals surface area contributed by atoms with Crippen molar-refractivity contribution in [1.82, 2.24) is 0 Å². The van der Waals surface area contributed by atoms with Crippen LogP contribution in [0, 0.1) is 6.07 Å². The zero-order chi connectivity index (χ0) is 10.3. The molecule has 0 aromatic heterocycles. The van der Waals surface area contributed by atoms with Gasteiger partial charge in [-0.2, -0.15) is 0 Å². The van der Waals surface area contributed by atoms with Gasteiger partial charge in [-0.25, -0.2) is 0 Å². The summed E-state index contributed by atoms with van der Waals surface area (Å²) in [6.07, 6.45) is 0. The molecule has 2 aromatic rings. The molecule has 73 valence electrons. The summed E-state index contributed by atoms with van der Waals surface area (Å²) in [6, 6.07) is 16.2. The lowest BCUT2D eigenvalue weighted by molar-refractivity contribution is 0.513. The lowest BCUT2D eigenvalue weighted by Gasteiger charge is -2.19. The van der Waals surface area contributed by atoms with Gasteiger partial charge in [0.25, 0.3) is 8.03 Å². The standard InChI is InChI=1S/C12H8O2P/c13-15-12-8-4-2-6-10(12)9-5-1-3-7-11(9)14-15/h1-7,15H. The SMILES string of the molecule is O=[PH]1Oc2ccccc2-c2ccc[c]c21. The zero-order valence-electron chi connectivity index (χ0n) is 7.86. The van der Waals surface area contributed by atoms with E-state index in [0.717, 1.165) is 11.1 Å². The Morgan fingerprint density at radius 3 is 2.80 bits per heavy atom. The van der Waals surface area contributed by atoms with Crippen LogP contribution in [0.3, 0.4) is 0 Å². The van der Waals surface area contributed by atoms with Crippen LogP contribution < -0.4 is 9.83 Å². The normalized spacial score (nSPS) is 17.5. The first kappa shape index (κ1) is 8.75. The van der Waals surface area contributed by atoms with E-state index in [9.17, 15) is 4.57 Å². The summed E-state index contributed by atoms with van der Waals surface area (Å²) in [5.74, 6) is 0.702. The minimum absolute atomic E-state index is 0.696. The highest BCUT2D eigenvalue weighted by Crippen LogP contribution is 2.41. The average molecular weight is 215 g/mol. The maximum Gasteiger partial charge on any atom is 0.267 e. The van der Waals surface area contributed by atoms with Crippen LogP contribution in [0.15, 0.2) is 42.5 Å². The molecule has 0 bridgehead atoms. The number of hydrogen-bond acceptors (Lipinski definition) is 2. The molecule has 2 nitrogen and oxygen atoms in total. The lowest BCUT2D eigenvalue weighted by atomic mass is 10.0. The molecule has 1 aliphatic rings. The first-order chi connectivity index (χ1) is 7.36. The molecule has 1 aliphatic heterocycles. The molecule has 15 heavy (non-hydrogen) atoms. The zero-order valence-corrected chi connectivity index (χ0v) is 8.86. The molecule has 0 saturated carbocycles. The third-order valence-electron chi connectivity index (χ3n) is 2.44. The van der Waals surface area contributed by atoms with Crippen LogP contribution in [0.25, 0.3) is 11.1 Å². The van der Waals surface area contributed by atoms with Gasteiger partial charge < -0.3 is 4.52 Å². The van der Waals surface area contributed by atoms with Gasteiger partial charge in [0.1, 0.15) is 5.75 Å². The van der Waals surface area contributed by atoms with Crippen molar-refractivity contribution < 1.29 is 9.09 Å². The third kappa shape index (κ3) is 1.30. The molecule has 1 heterocycles. The molecule has 0 spiro atoms. The van der Waals surface area contributed by atoms with Crippen molar-refractivity contribution in [3.8, 4) is 16.9 Å². The molecule has 3 heteroatoms. The monoisotopic (exact) mass is 215 g/mol. The lowest BCUT2D eigenvalue weighted by Crippen LogP contribution is -2.09. The second-order valence-electron chi connectivity index (χ2n) is 3.34. The number of para-hydroxylation sites is 1. The summed E-state index contributed by atoms with van der Waals surface area (Å²) in [5.41, 5.74) is 1.97. The summed E-state index contributed by atoms with van der Waals surface area (Å²) in [7, 11) is -2.17. The number of rotatable bonds is 0. The molecule has 1 radical (unpaired) electrons. The molecular weight excluding hydrogens is 207 g/mol. The van der Waals surface area contributed by atoms with E-state index in [1.165, 1.54) is 0 Å². The molecule has 1 atom stereocenters. The van der Waals surface area contributed by atoms with Crippen molar-refractivity contribution in [2.45, 2.75) is 0 Å². The van der Waals surface area contributed by atoms with Crippen LogP contribution >= 0.6 is 8.03 Å². The van der Waals surface area contributed by atoms with Crippen molar-refractivity contribution in [3.05, 3.63) is 48.5 Å². The number of benzene rings is 2. The van der Waals surface area contributed by atoms with Crippen LogP contribution in [-0.2, 0) is 4.57 Å². The van der Waals surface area contributed by atoms with Crippen molar-refractivity contribution in [2.24, 2.45) is 0 Å². The van der Waals surface area contributed by atoms with E-state index in [1.54, 1.807) is 6.07 Å². The Hall–Kier alpha value is -1.53. The summed E-state index contributed by atoms with van der Waals surface area (Å²) in [5, 5.41) is 0.696. The smallest absolute Gasteiger partial charge is 0.267 e. The average Bonchev–Trinajstić information content (AvgIpc) is 2.30. The predicted molar refractivity (Wildman–Crippen MR) is 60.0 cm³/mol. The van der Waals surface area contributed by atoms with Crippen LogP contribution in [0.2, 0.25) is 0 Å². The van der Waals surface area contributed by atoms with Gasteiger partial charge in [-0.15, -0.1) is 0 Å². The van der Waals surface area contributed by atoms with E-state index in [0.29, 0.717) is 11.1 Å². The summed E-state index contributed by atoms with van der Waals surface area (Å²) in [6.45, 7) is 0. The van der Waals surface area contributed by atoms with Crippen molar-refractivity contribution in [2.75, 3.05) is 0 Å². The van der Waals surface area contributed by atoms with E-state index < -0.39 is 8.03 Å². The van der Waals surface area contributed by atoms with Gasteiger partial charge in [0.15, 0.2) is 0 Å². The van der Waals surface area contributed by atoms with Crippen molar-refractivity contribution >= 4 is 13.3 Å². The van der Waals surface area contributed by atoms with E-state index in [-0.39, 0.29) is 0 Å². The Morgan fingerprint density at radius 1 is 1.07 bits per heavy atom. The topological polar surface area (TPSA) is 26.3 Å². The van der Waals surface area contributed by atoms with E-state index >= 15 is 0 Å². The minimum Gasteiger partial charge on any atom is -0.441 e. The molecule has 3 rings (SSSR count). The van der Waals surface area contributed by atoms with Gasteiger partial charge in [-0.3, -0.25) is 4.57 Å². The highest BCUT2D eigenvalue weighted by Gasteiger charge is 2.21. The van der Waals surface area contributed by atoms with Gasteiger partial charge in [-0.05, 0) is 17.7 Å². The van der Waals surface area contributed by atoms with E-state index in [2.05, 4.69) is 6.07 Å². The van der Waals surface area contributed by atoms with Crippen LogP contribution in [-0.4, -0.2) is 0 Å². The molecule has 1 unspecified atom stereocenters. The Balaban J connectivity index is 2.34. The third-order valence-corrected chi connectivity index (χ3v) is 3.67. The minimum atomic E-state index is -2.17. The number of hydrogen-bond donors (Lipinski definition) is 0. The second kappa shape index (κ2) is 3.25. The first-order valence-corrected chi connectivity index (χ1v) is 6.00. The maximum absolute atomic E-state index is 11.8. The summed E-state index contributed by atoms with van der Waals surface area (Å²) < 4.78 is 17.2. The van der Waals surface area contributed by atoms with Gasteiger partial charge in [-0.1, -0.05) is 36.4 Å². The van der Waals surface area contributed by atoms with Gasteiger partial charge in [0.2, 0.25) is 0 Å². The Labute approximate surface area is 88.4 Å². The maximum atomic E-state index is 11.8. The quantitative estimate of drug-likeness (QED) is 0.631. The van der Waals surface area contributed by atoms with Gasteiger partial charge in [0.05, 0.1) is 5.30 Å². The Kier molecular flexibility index (Phi) is 1.90. The van der Waals surface area contributed by atoms with Crippen molar-refractivity contribution in [3.63, 3.8) is 0 Å². The van der Waals surface area contributed by atoms with Crippen molar-refractivity contribution in [1.29, 1.82) is 0 Å². The van der Waals surface area contributed by atoms with Crippen LogP contribution in [0.4, 0.5) is 0 Å². The van der Waals surface area contributed by atoms with Crippen LogP contribution in [0.1, 0.15) is 0 Å². The molecule has 0 amide bonds. The summed E-state index contributed by atoms with van der Waals surface area (Å²) in [4.78, 5) is 0. The Bertz CT molecular complexity index is 549. The van der Waals surface area contributed by atoms with Crippen LogP contribution in [0.5, 0.6) is 5.75 Å². The molecule has 0 N–H and O–H groups in total. The number of fused-ring (bicyclic) bond motifs is 3. The molecule has 0 aliphatic carbocycles. The fourth-order valence-electron chi connectivity index (χ4n) is 1.76. The fourth-order valence-corrected chi connectivity index (χ4v) is 2.88. The van der Waals surface area contributed by atoms with E-state index in [1.807, 2.05) is 36.4 Å². The van der Waals surface area contributed by atoms with Gasteiger partial charge >= 0.3 is 0 Å². The van der Waals surface area contributed by atoms with Gasteiger partial charge in [0, 0.05) is 5.56 Å². The second-order valence-corrected chi connectivity index (χ2v) is 4.62. The van der Waals surface area contributed by atoms with E-state index in [4.69, 9.17) is 4.52 Å².